The van der Waals surface area contributed by atoms with Crippen LogP contribution < -0.4 is 5.73 Å². The first-order chi connectivity index (χ1) is 7.82. The largest absolute Gasteiger partial charge is 0.329 e. The Balaban J connectivity index is 0.00000289. The molecule has 0 spiro atoms. The molecule has 0 fully saturated rings. The lowest BCUT2D eigenvalue weighted by Crippen LogP contribution is -2.39. The van der Waals surface area contributed by atoms with Crippen molar-refractivity contribution in [1.29, 1.82) is 0 Å². The maximum absolute atomic E-state index is 12.3. The summed E-state index contributed by atoms with van der Waals surface area (Å²) in [6.07, 6.45) is 0. The predicted octanol–water partition coefficient (Wildman–Crippen LogP) is 2.04. The van der Waals surface area contributed by atoms with E-state index in [2.05, 4.69) is 0 Å². The third-order valence-corrected chi connectivity index (χ3v) is 5.36. The molecular formula is C11H18Cl2N2O2S. The smallest absolute Gasteiger partial charge is 0.243 e. The van der Waals surface area contributed by atoms with Crippen LogP contribution in [-0.2, 0) is 10.0 Å². The highest BCUT2D eigenvalue weighted by Gasteiger charge is 2.26. The van der Waals surface area contributed by atoms with Crippen molar-refractivity contribution in [3.05, 3.63) is 28.8 Å². The van der Waals surface area contributed by atoms with Gasteiger partial charge in [0.05, 0.1) is 4.90 Å². The Kier molecular flexibility index (Phi) is 6.60. The van der Waals surface area contributed by atoms with Crippen molar-refractivity contribution in [2.24, 2.45) is 5.73 Å². The van der Waals surface area contributed by atoms with E-state index in [1.807, 2.05) is 0 Å². The third-order valence-electron chi connectivity index (χ3n) is 2.84. The number of benzene rings is 1. The van der Waals surface area contributed by atoms with Gasteiger partial charge >= 0.3 is 0 Å². The van der Waals surface area contributed by atoms with Crippen molar-refractivity contribution >= 4 is 34.0 Å². The molecule has 1 aromatic carbocycles. The fourth-order valence-corrected chi connectivity index (χ4v) is 3.26. The Morgan fingerprint density at radius 3 is 2.50 bits per heavy atom. The fraction of sp³-hybridized carbons (Fsp3) is 0.455. The van der Waals surface area contributed by atoms with Crippen molar-refractivity contribution < 1.29 is 8.42 Å². The molecule has 0 heterocycles. The van der Waals surface area contributed by atoms with E-state index < -0.39 is 10.0 Å². The van der Waals surface area contributed by atoms with Crippen LogP contribution in [0, 0.1) is 6.92 Å². The zero-order valence-corrected chi connectivity index (χ0v) is 12.9. The van der Waals surface area contributed by atoms with E-state index in [1.165, 1.54) is 11.4 Å². The van der Waals surface area contributed by atoms with Crippen molar-refractivity contribution in [3.8, 4) is 0 Å². The second-order valence-electron chi connectivity index (χ2n) is 3.97. The number of hydrogen-bond donors (Lipinski definition) is 1. The van der Waals surface area contributed by atoms with Crippen molar-refractivity contribution in [3.63, 3.8) is 0 Å². The summed E-state index contributed by atoms with van der Waals surface area (Å²) in [4.78, 5) is 0.229. The van der Waals surface area contributed by atoms with E-state index in [0.29, 0.717) is 10.6 Å². The van der Waals surface area contributed by atoms with Gasteiger partial charge in [-0.25, -0.2) is 8.42 Å². The minimum absolute atomic E-state index is 0. The first-order valence-electron chi connectivity index (χ1n) is 5.25. The second kappa shape index (κ2) is 6.73. The third kappa shape index (κ3) is 3.36. The molecule has 104 valence electrons. The van der Waals surface area contributed by atoms with E-state index >= 15 is 0 Å². The molecule has 1 rings (SSSR count). The van der Waals surface area contributed by atoms with Crippen LogP contribution in [0.25, 0.3) is 0 Å². The Labute approximate surface area is 120 Å². The van der Waals surface area contributed by atoms with Crippen LogP contribution in [0.4, 0.5) is 0 Å². The lowest BCUT2D eigenvalue weighted by molar-refractivity contribution is 0.394. The van der Waals surface area contributed by atoms with Gasteiger partial charge in [-0.3, -0.25) is 0 Å². The van der Waals surface area contributed by atoms with Crippen LogP contribution in [0.5, 0.6) is 0 Å². The maximum atomic E-state index is 12.3. The molecule has 0 aromatic heterocycles. The topological polar surface area (TPSA) is 63.4 Å². The standard InChI is InChI=1S/C11H17ClN2O2S.ClH/c1-8(7-13)14(3)17(15,16)11-6-4-5-10(12)9(11)2;/h4-6,8H,7,13H2,1-3H3;1H. The van der Waals surface area contributed by atoms with E-state index in [4.69, 9.17) is 17.3 Å². The minimum atomic E-state index is -3.53. The van der Waals surface area contributed by atoms with E-state index in [1.54, 1.807) is 32.0 Å². The molecule has 18 heavy (non-hydrogen) atoms. The molecule has 1 aromatic rings. The van der Waals surface area contributed by atoms with Crippen LogP contribution in [0.15, 0.2) is 23.1 Å². The molecular weight excluding hydrogens is 295 g/mol. The van der Waals surface area contributed by atoms with Gasteiger partial charge in [0.2, 0.25) is 10.0 Å². The van der Waals surface area contributed by atoms with Gasteiger partial charge in [-0.2, -0.15) is 4.31 Å². The van der Waals surface area contributed by atoms with Crippen LogP contribution in [0.2, 0.25) is 5.02 Å². The summed E-state index contributed by atoms with van der Waals surface area (Å²) >= 11 is 5.93. The maximum Gasteiger partial charge on any atom is 0.243 e. The molecule has 0 aliphatic heterocycles. The Morgan fingerprint density at radius 2 is 2.00 bits per heavy atom. The monoisotopic (exact) mass is 312 g/mol. The number of hydrogen-bond acceptors (Lipinski definition) is 3. The number of halogens is 2. The van der Waals surface area contributed by atoms with Crippen LogP contribution in [-0.4, -0.2) is 32.4 Å². The summed E-state index contributed by atoms with van der Waals surface area (Å²) in [6, 6.07) is 4.60. The molecule has 0 aliphatic rings. The summed E-state index contributed by atoms with van der Waals surface area (Å²) in [7, 11) is -2.01. The Hall–Kier alpha value is -0.330. The quantitative estimate of drug-likeness (QED) is 0.925. The molecule has 0 radical (unpaired) electrons. The van der Waals surface area contributed by atoms with Gasteiger partial charge < -0.3 is 5.73 Å². The van der Waals surface area contributed by atoms with E-state index in [0.717, 1.165) is 0 Å². The van der Waals surface area contributed by atoms with Crippen LogP contribution in [0.3, 0.4) is 0 Å². The van der Waals surface area contributed by atoms with E-state index in [9.17, 15) is 8.42 Å². The number of rotatable bonds is 4. The number of sulfonamides is 1. The Morgan fingerprint density at radius 1 is 1.44 bits per heavy atom. The summed E-state index contributed by atoms with van der Waals surface area (Å²) in [5, 5.41) is 0.444. The number of nitrogens with zero attached hydrogens (tertiary/aromatic N) is 1. The molecule has 0 saturated carbocycles. The highest BCUT2D eigenvalue weighted by atomic mass is 35.5. The Bertz CT molecular complexity index is 506. The molecule has 2 N–H and O–H groups in total. The molecule has 0 amide bonds. The lowest BCUT2D eigenvalue weighted by Gasteiger charge is -2.24. The van der Waals surface area contributed by atoms with Gasteiger partial charge in [0.25, 0.3) is 0 Å². The lowest BCUT2D eigenvalue weighted by atomic mass is 10.2. The van der Waals surface area contributed by atoms with Crippen LogP contribution >= 0.6 is 24.0 Å². The molecule has 7 heteroatoms. The van der Waals surface area contributed by atoms with Crippen molar-refractivity contribution in [2.75, 3.05) is 13.6 Å². The first kappa shape index (κ1) is 17.7. The minimum Gasteiger partial charge on any atom is -0.329 e. The van der Waals surface area contributed by atoms with Crippen LogP contribution in [0.1, 0.15) is 12.5 Å². The first-order valence-corrected chi connectivity index (χ1v) is 7.07. The normalized spacial score (nSPS) is 13.2. The fourth-order valence-electron chi connectivity index (χ4n) is 1.41. The second-order valence-corrected chi connectivity index (χ2v) is 6.34. The predicted molar refractivity (Wildman–Crippen MR) is 76.9 cm³/mol. The molecule has 0 aliphatic carbocycles. The summed E-state index contributed by atoms with van der Waals surface area (Å²) in [5.74, 6) is 0. The number of nitrogens with two attached hydrogens (primary N) is 1. The SMILES string of the molecule is Cc1c(Cl)cccc1S(=O)(=O)N(C)C(C)CN.Cl. The van der Waals surface area contributed by atoms with Crippen molar-refractivity contribution in [2.45, 2.75) is 24.8 Å². The highest BCUT2D eigenvalue weighted by Crippen LogP contribution is 2.25. The van der Waals surface area contributed by atoms with Gasteiger partial charge in [-0.05, 0) is 31.5 Å². The van der Waals surface area contributed by atoms with E-state index in [-0.39, 0.29) is 29.9 Å². The molecule has 1 atom stereocenters. The van der Waals surface area contributed by atoms with Gasteiger partial charge in [-0.15, -0.1) is 12.4 Å². The average Bonchev–Trinajstić information content (AvgIpc) is 2.30. The zero-order chi connectivity index (χ0) is 13.2. The molecule has 0 bridgehead atoms. The summed E-state index contributed by atoms with van der Waals surface area (Å²) in [5.41, 5.74) is 6.04. The molecule has 1 unspecified atom stereocenters. The summed E-state index contributed by atoms with van der Waals surface area (Å²) < 4.78 is 25.9. The highest BCUT2D eigenvalue weighted by molar-refractivity contribution is 7.89. The molecule has 4 nitrogen and oxygen atoms in total. The molecule has 0 saturated heterocycles. The van der Waals surface area contributed by atoms with Crippen molar-refractivity contribution in [1.82, 2.24) is 4.31 Å². The number of likely N-dealkylation sites (N-methyl/N-ethyl adjacent to an activating group) is 1. The van der Waals surface area contributed by atoms with Gasteiger partial charge in [0.15, 0.2) is 0 Å². The van der Waals surface area contributed by atoms with Gasteiger partial charge in [-0.1, -0.05) is 17.7 Å². The van der Waals surface area contributed by atoms with Gasteiger partial charge in [0.1, 0.15) is 0 Å². The average molecular weight is 313 g/mol. The summed E-state index contributed by atoms with van der Waals surface area (Å²) in [6.45, 7) is 3.73. The van der Waals surface area contributed by atoms with Gasteiger partial charge in [0, 0.05) is 24.7 Å². The zero-order valence-electron chi connectivity index (χ0n) is 10.6.